The predicted molar refractivity (Wildman–Crippen MR) is 74.7 cm³/mol. The summed E-state index contributed by atoms with van der Waals surface area (Å²) in [5, 5.41) is 1.58. The lowest BCUT2D eigenvalue weighted by atomic mass is 9.76. The summed E-state index contributed by atoms with van der Waals surface area (Å²) >= 11 is 12.4. The van der Waals surface area contributed by atoms with E-state index in [-0.39, 0.29) is 0 Å². The van der Waals surface area contributed by atoms with Gasteiger partial charge in [-0.1, -0.05) is 42.1 Å². The highest BCUT2D eigenvalue weighted by Gasteiger charge is 2.25. The van der Waals surface area contributed by atoms with Gasteiger partial charge in [-0.3, -0.25) is 0 Å². The van der Waals surface area contributed by atoms with Crippen LogP contribution in [0.3, 0.4) is 0 Å². The minimum atomic E-state index is 0.635. The molecule has 1 aliphatic carbocycles. The van der Waals surface area contributed by atoms with Crippen molar-refractivity contribution in [2.45, 2.75) is 32.1 Å². The SMILES string of the molecule is NCC1CCCCC1Cc1c(Cl)cccc1Cl. The highest BCUT2D eigenvalue weighted by Crippen LogP contribution is 2.35. The maximum absolute atomic E-state index is 6.22. The van der Waals surface area contributed by atoms with Crippen molar-refractivity contribution < 1.29 is 0 Å². The van der Waals surface area contributed by atoms with Gasteiger partial charge in [0.1, 0.15) is 0 Å². The van der Waals surface area contributed by atoms with E-state index in [9.17, 15) is 0 Å². The zero-order valence-electron chi connectivity index (χ0n) is 9.96. The molecule has 0 radical (unpaired) electrons. The highest BCUT2D eigenvalue weighted by atomic mass is 35.5. The Morgan fingerprint density at radius 1 is 1.06 bits per heavy atom. The quantitative estimate of drug-likeness (QED) is 0.872. The lowest BCUT2D eigenvalue weighted by Crippen LogP contribution is -2.28. The van der Waals surface area contributed by atoms with Gasteiger partial charge >= 0.3 is 0 Å². The van der Waals surface area contributed by atoms with Crippen LogP contribution in [0.4, 0.5) is 0 Å². The number of hydrogen-bond acceptors (Lipinski definition) is 1. The predicted octanol–water partition coefficient (Wildman–Crippen LogP) is 4.30. The summed E-state index contributed by atoms with van der Waals surface area (Å²) in [6.07, 6.45) is 6.10. The van der Waals surface area contributed by atoms with Crippen LogP contribution < -0.4 is 5.73 Å². The number of nitrogens with two attached hydrogens (primary N) is 1. The van der Waals surface area contributed by atoms with Crippen LogP contribution in [-0.4, -0.2) is 6.54 Å². The van der Waals surface area contributed by atoms with Crippen LogP contribution in [0, 0.1) is 11.8 Å². The standard InChI is InChI=1S/C14H19Cl2N/c15-13-6-3-7-14(16)12(13)8-10-4-1-2-5-11(10)9-17/h3,6-7,10-11H,1-2,4-5,8-9,17H2. The third kappa shape index (κ3) is 3.15. The van der Waals surface area contributed by atoms with Crippen LogP contribution in [-0.2, 0) is 6.42 Å². The summed E-state index contributed by atoms with van der Waals surface area (Å²) in [4.78, 5) is 0. The molecule has 94 valence electrons. The molecule has 0 aliphatic heterocycles. The lowest BCUT2D eigenvalue weighted by molar-refractivity contribution is 0.242. The summed E-state index contributed by atoms with van der Waals surface area (Å²) in [6, 6.07) is 5.74. The molecule has 2 unspecified atom stereocenters. The number of rotatable bonds is 3. The van der Waals surface area contributed by atoms with Crippen molar-refractivity contribution >= 4 is 23.2 Å². The zero-order valence-corrected chi connectivity index (χ0v) is 11.5. The largest absolute Gasteiger partial charge is 0.330 e. The van der Waals surface area contributed by atoms with Gasteiger partial charge in [-0.2, -0.15) is 0 Å². The number of halogens is 2. The molecule has 0 amide bonds. The number of benzene rings is 1. The summed E-state index contributed by atoms with van der Waals surface area (Å²) in [7, 11) is 0. The molecule has 1 aromatic carbocycles. The second-order valence-corrected chi connectivity index (χ2v) is 5.76. The molecular weight excluding hydrogens is 253 g/mol. The van der Waals surface area contributed by atoms with Crippen molar-refractivity contribution in [1.82, 2.24) is 0 Å². The van der Waals surface area contributed by atoms with Gasteiger partial charge in [-0.25, -0.2) is 0 Å². The summed E-state index contributed by atoms with van der Waals surface area (Å²) in [6.45, 7) is 0.784. The first-order valence-electron chi connectivity index (χ1n) is 6.35. The normalized spacial score (nSPS) is 24.9. The molecule has 1 fully saturated rings. The van der Waals surface area contributed by atoms with E-state index in [1.807, 2.05) is 18.2 Å². The Bertz CT molecular complexity index is 358. The van der Waals surface area contributed by atoms with Crippen molar-refractivity contribution in [3.63, 3.8) is 0 Å². The molecule has 1 saturated carbocycles. The molecule has 2 rings (SSSR count). The average Bonchev–Trinajstić information content (AvgIpc) is 2.34. The Morgan fingerprint density at radius 2 is 1.65 bits per heavy atom. The molecular formula is C14H19Cl2N. The number of hydrogen-bond donors (Lipinski definition) is 1. The minimum absolute atomic E-state index is 0.635. The van der Waals surface area contributed by atoms with Crippen molar-refractivity contribution in [2.75, 3.05) is 6.54 Å². The van der Waals surface area contributed by atoms with Gasteiger partial charge in [0.05, 0.1) is 0 Å². The molecule has 0 bridgehead atoms. The van der Waals surface area contributed by atoms with Crippen LogP contribution in [0.25, 0.3) is 0 Å². The molecule has 17 heavy (non-hydrogen) atoms. The molecule has 0 spiro atoms. The van der Waals surface area contributed by atoms with E-state index >= 15 is 0 Å². The molecule has 1 aliphatic rings. The van der Waals surface area contributed by atoms with Crippen LogP contribution in [0.15, 0.2) is 18.2 Å². The van der Waals surface area contributed by atoms with Gasteiger partial charge in [-0.15, -0.1) is 0 Å². The Labute approximate surface area is 113 Å². The Balaban J connectivity index is 2.13. The van der Waals surface area contributed by atoms with Gasteiger partial charge in [0, 0.05) is 10.0 Å². The van der Waals surface area contributed by atoms with Crippen LogP contribution in [0.2, 0.25) is 10.0 Å². The molecule has 3 heteroatoms. The summed E-state index contributed by atoms with van der Waals surface area (Å²) < 4.78 is 0. The summed E-state index contributed by atoms with van der Waals surface area (Å²) in [5.74, 6) is 1.28. The molecule has 2 N–H and O–H groups in total. The van der Waals surface area contributed by atoms with Crippen molar-refractivity contribution in [1.29, 1.82) is 0 Å². The molecule has 1 nitrogen and oxygen atoms in total. The molecule has 0 aromatic heterocycles. The maximum atomic E-state index is 6.22. The van der Waals surface area contributed by atoms with E-state index in [1.165, 1.54) is 25.7 Å². The maximum Gasteiger partial charge on any atom is 0.0452 e. The fourth-order valence-electron chi connectivity index (χ4n) is 2.85. The highest BCUT2D eigenvalue weighted by molar-refractivity contribution is 6.35. The zero-order chi connectivity index (χ0) is 12.3. The van der Waals surface area contributed by atoms with Gasteiger partial charge in [0.25, 0.3) is 0 Å². The second-order valence-electron chi connectivity index (χ2n) is 4.94. The topological polar surface area (TPSA) is 26.0 Å². The third-order valence-electron chi connectivity index (χ3n) is 3.90. The Kier molecular flexibility index (Phi) is 4.72. The van der Waals surface area contributed by atoms with Crippen LogP contribution in [0.5, 0.6) is 0 Å². The van der Waals surface area contributed by atoms with Gasteiger partial charge in [0.15, 0.2) is 0 Å². The first-order chi connectivity index (χ1) is 8.22. The fraction of sp³-hybridized carbons (Fsp3) is 0.571. The first-order valence-corrected chi connectivity index (χ1v) is 7.11. The smallest absolute Gasteiger partial charge is 0.0452 e. The minimum Gasteiger partial charge on any atom is -0.330 e. The van der Waals surface area contributed by atoms with E-state index in [0.717, 1.165) is 28.6 Å². The van der Waals surface area contributed by atoms with Gasteiger partial charge in [0.2, 0.25) is 0 Å². The Hall–Kier alpha value is -0.240. The van der Waals surface area contributed by atoms with Gasteiger partial charge in [-0.05, 0) is 55.3 Å². The fourth-order valence-corrected chi connectivity index (χ4v) is 3.40. The average molecular weight is 272 g/mol. The third-order valence-corrected chi connectivity index (χ3v) is 4.61. The van der Waals surface area contributed by atoms with Crippen molar-refractivity contribution in [3.05, 3.63) is 33.8 Å². The molecule has 0 saturated heterocycles. The second kappa shape index (κ2) is 6.08. The van der Waals surface area contributed by atoms with Gasteiger partial charge < -0.3 is 5.73 Å². The van der Waals surface area contributed by atoms with Crippen LogP contribution >= 0.6 is 23.2 Å². The monoisotopic (exact) mass is 271 g/mol. The molecule has 2 atom stereocenters. The lowest BCUT2D eigenvalue weighted by Gasteiger charge is -2.31. The van der Waals surface area contributed by atoms with Crippen molar-refractivity contribution in [3.8, 4) is 0 Å². The van der Waals surface area contributed by atoms with E-state index in [1.54, 1.807) is 0 Å². The van der Waals surface area contributed by atoms with E-state index in [0.29, 0.717) is 11.8 Å². The Morgan fingerprint density at radius 3 is 2.24 bits per heavy atom. The van der Waals surface area contributed by atoms with E-state index < -0.39 is 0 Å². The van der Waals surface area contributed by atoms with E-state index in [4.69, 9.17) is 28.9 Å². The summed E-state index contributed by atoms with van der Waals surface area (Å²) in [5.41, 5.74) is 6.96. The molecule has 1 aromatic rings. The van der Waals surface area contributed by atoms with Crippen molar-refractivity contribution in [2.24, 2.45) is 17.6 Å². The first kappa shape index (κ1) is 13.2. The van der Waals surface area contributed by atoms with E-state index in [2.05, 4.69) is 0 Å². The molecule has 0 heterocycles. The van der Waals surface area contributed by atoms with Crippen LogP contribution in [0.1, 0.15) is 31.2 Å².